The minimum absolute atomic E-state index is 0.293. The third-order valence-electron chi connectivity index (χ3n) is 4.58. The fraction of sp³-hybridized carbons (Fsp3) is 0.294. The van der Waals surface area contributed by atoms with E-state index in [1.165, 1.54) is 24.3 Å². The molecule has 31 heavy (non-hydrogen) atoms. The average Bonchev–Trinajstić information content (AvgIpc) is 3.56. The molecule has 0 bridgehead atoms. The summed E-state index contributed by atoms with van der Waals surface area (Å²) in [6.45, 7) is -0.663. The van der Waals surface area contributed by atoms with Gasteiger partial charge in [-0.1, -0.05) is 24.3 Å². The van der Waals surface area contributed by atoms with Gasteiger partial charge in [0.05, 0.1) is 9.85 Å². The molecule has 2 aromatic rings. The highest BCUT2D eigenvalue weighted by Gasteiger charge is 2.40. The van der Waals surface area contributed by atoms with Gasteiger partial charge in [-0.3, -0.25) is 20.2 Å². The summed E-state index contributed by atoms with van der Waals surface area (Å²) < 4.78 is 54.4. The molecule has 0 heterocycles. The second-order valence-electron chi connectivity index (χ2n) is 6.69. The van der Waals surface area contributed by atoms with Crippen molar-refractivity contribution in [1.29, 1.82) is 0 Å². The van der Waals surface area contributed by atoms with Crippen molar-refractivity contribution in [2.24, 2.45) is 0 Å². The SMILES string of the molecule is O=[N+]([O-])c1ccccc1S(=O)(=O)NCCN(C1CC1)S(=O)(=O)c1ccccc1[N+](=O)[O-]. The first-order valence-electron chi connectivity index (χ1n) is 9.04. The number of benzene rings is 2. The maximum absolute atomic E-state index is 13.1. The Labute approximate surface area is 177 Å². The lowest BCUT2D eigenvalue weighted by atomic mass is 10.3. The van der Waals surface area contributed by atoms with Crippen molar-refractivity contribution < 1.29 is 26.7 Å². The van der Waals surface area contributed by atoms with Gasteiger partial charge in [0, 0.05) is 31.3 Å². The summed E-state index contributed by atoms with van der Waals surface area (Å²) in [7, 11) is -8.56. The summed E-state index contributed by atoms with van der Waals surface area (Å²) in [5, 5.41) is 22.3. The number of rotatable bonds is 10. The minimum atomic E-state index is -4.29. The van der Waals surface area contributed by atoms with E-state index in [1.807, 2.05) is 0 Å². The predicted octanol–water partition coefficient (Wildman–Crippen LogP) is 1.63. The van der Waals surface area contributed by atoms with Gasteiger partial charge in [-0.05, 0) is 25.0 Å². The normalized spacial score (nSPS) is 14.5. The largest absolute Gasteiger partial charge is 0.289 e. The highest BCUT2D eigenvalue weighted by molar-refractivity contribution is 7.90. The number of hydrogen-bond acceptors (Lipinski definition) is 8. The van der Waals surface area contributed by atoms with E-state index in [9.17, 15) is 37.1 Å². The van der Waals surface area contributed by atoms with Gasteiger partial charge in [-0.15, -0.1) is 0 Å². The monoisotopic (exact) mass is 470 g/mol. The van der Waals surface area contributed by atoms with E-state index in [0.29, 0.717) is 12.8 Å². The Hall–Kier alpha value is -2.94. The number of para-hydroxylation sites is 2. The fourth-order valence-corrected chi connectivity index (χ4v) is 6.05. The van der Waals surface area contributed by atoms with Crippen molar-refractivity contribution in [1.82, 2.24) is 9.03 Å². The molecule has 1 aliphatic carbocycles. The first-order valence-corrected chi connectivity index (χ1v) is 12.0. The van der Waals surface area contributed by atoms with Crippen molar-refractivity contribution in [2.45, 2.75) is 28.7 Å². The molecule has 1 fully saturated rings. The third kappa shape index (κ3) is 4.87. The molecule has 12 nitrogen and oxygen atoms in total. The van der Waals surface area contributed by atoms with Crippen LogP contribution in [0.3, 0.4) is 0 Å². The molecule has 0 spiro atoms. The molecule has 0 radical (unpaired) electrons. The molecule has 1 saturated carbocycles. The lowest BCUT2D eigenvalue weighted by molar-refractivity contribution is -0.388. The lowest BCUT2D eigenvalue weighted by Gasteiger charge is -2.22. The van der Waals surface area contributed by atoms with Crippen LogP contribution in [0.2, 0.25) is 0 Å². The van der Waals surface area contributed by atoms with Crippen LogP contribution in [0, 0.1) is 20.2 Å². The molecule has 0 saturated heterocycles. The van der Waals surface area contributed by atoms with Crippen LogP contribution < -0.4 is 4.72 Å². The molecule has 0 unspecified atom stereocenters. The van der Waals surface area contributed by atoms with E-state index in [-0.39, 0.29) is 13.1 Å². The number of nitrogens with zero attached hydrogens (tertiary/aromatic N) is 3. The molecule has 3 rings (SSSR count). The fourth-order valence-electron chi connectivity index (χ4n) is 3.02. The Morgan fingerprint density at radius 3 is 1.87 bits per heavy atom. The number of nitrogens with one attached hydrogen (secondary N) is 1. The Kier molecular flexibility index (Phi) is 6.35. The van der Waals surface area contributed by atoms with Crippen LogP contribution in [0.5, 0.6) is 0 Å². The highest BCUT2D eigenvalue weighted by atomic mass is 32.2. The minimum Gasteiger partial charge on any atom is -0.258 e. The molecule has 1 N–H and O–H groups in total. The second kappa shape index (κ2) is 8.66. The van der Waals surface area contributed by atoms with Crippen molar-refractivity contribution in [3.8, 4) is 0 Å². The maximum atomic E-state index is 13.1. The molecule has 0 aliphatic heterocycles. The quantitative estimate of drug-likeness (QED) is 0.403. The van der Waals surface area contributed by atoms with Crippen LogP contribution in [-0.2, 0) is 20.0 Å². The van der Waals surface area contributed by atoms with Gasteiger partial charge in [-0.25, -0.2) is 21.6 Å². The molecule has 0 amide bonds. The summed E-state index contributed by atoms with van der Waals surface area (Å²) in [4.78, 5) is 19.7. The number of nitro groups is 2. The summed E-state index contributed by atoms with van der Waals surface area (Å²) in [5.74, 6) is 0. The molecule has 0 atom stereocenters. The van der Waals surface area contributed by atoms with Gasteiger partial charge in [-0.2, -0.15) is 4.31 Å². The summed E-state index contributed by atoms with van der Waals surface area (Å²) in [5.41, 5.74) is -1.18. The lowest BCUT2D eigenvalue weighted by Crippen LogP contribution is -2.40. The standard InChI is InChI=1S/C17H18N4O8S2/c22-20(23)14-5-1-3-7-16(14)30(26,27)18-11-12-19(13-9-10-13)31(28,29)17-8-4-2-6-15(17)21(24)25/h1-8,13,18H,9-12H2. The zero-order valence-corrected chi connectivity index (χ0v) is 17.6. The van der Waals surface area contributed by atoms with E-state index < -0.39 is 57.1 Å². The third-order valence-corrected chi connectivity index (χ3v) is 8.09. The van der Waals surface area contributed by atoms with Crippen LogP contribution in [0.1, 0.15) is 12.8 Å². The predicted molar refractivity (Wildman–Crippen MR) is 108 cm³/mol. The smallest absolute Gasteiger partial charge is 0.258 e. The molecule has 2 aromatic carbocycles. The number of sulfonamides is 2. The molecular formula is C17H18N4O8S2. The molecule has 14 heteroatoms. The van der Waals surface area contributed by atoms with E-state index >= 15 is 0 Å². The number of hydrogen-bond donors (Lipinski definition) is 1. The van der Waals surface area contributed by atoms with E-state index in [1.54, 1.807) is 0 Å². The van der Waals surface area contributed by atoms with Gasteiger partial charge in [0.15, 0.2) is 9.79 Å². The zero-order chi connectivity index (χ0) is 22.8. The van der Waals surface area contributed by atoms with Crippen LogP contribution in [0.25, 0.3) is 0 Å². The Bertz CT molecular complexity index is 1230. The van der Waals surface area contributed by atoms with E-state index in [0.717, 1.165) is 28.6 Å². The van der Waals surface area contributed by atoms with Gasteiger partial charge in [0.1, 0.15) is 0 Å². The molecule has 166 valence electrons. The Morgan fingerprint density at radius 1 is 0.871 bits per heavy atom. The molecular weight excluding hydrogens is 452 g/mol. The maximum Gasteiger partial charge on any atom is 0.289 e. The average molecular weight is 470 g/mol. The van der Waals surface area contributed by atoms with Crippen molar-refractivity contribution in [2.75, 3.05) is 13.1 Å². The summed E-state index contributed by atoms with van der Waals surface area (Å²) in [6, 6.07) is 9.28. The van der Waals surface area contributed by atoms with Crippen LogP contribution in [0.15, 0.2) is 58.3 Å². The van der Waals surface area contributed by atoms with Gasteiger partial charge < -0.3 is 0 Å². The molecule has 0 aromatic heterocycles. The summed E-state index contributed by atoms with van der Waals surface area (Å²) >= 11 is 0. The van der Waals surface area contributed by atoms with Crippen molar-refractivity contribution in [3.63, 3.8) is 0 Å². The highest BCUT2D eigenvalue weighted by Crippen LogP contribution is 2.34. The van der Waals surface area contributed by atoms with Gasteiger partial charge in [0.2, 0.25) is 20.0 Å². The topological polar surface area (TPSA) is 170 Å². The van der Waals surface area contributed by atoms with Crippen LogP contribution in [0.4, 0.5) is 11.4 Å². The van der Waals surface area contributed by atoms with Crippen LogP contribution in [-0.4, -0.2) is 50.1 Å². The first kappa shape index (κ1) is 22.7. The summed E-state index contributed by atoms with van der Waals surface area (Å²) in [6.07, 6.45) is 1.08. The second-order valence-corrected chi connectivity index (χ2v) is 10.3. The molecule has 1 aliphatic rings. The van der Waals surface area contributed by atoms with E-state index in [2.05, 4.69) is 4.72 Å². The van der Waals surface area contributed by atoms with Crippen LogP contribution >= 0.6 is 0 Å². The number of nitro benzene ring substituents is 2. The zero-order valence-electron chi connectivity index (χ0n) is 15.9. The van der Waals surface area contributed by atoms with Gasteiger partial charge in [0.25, 0.3) is 11.4 Å². The first-order chi connectivity index (χ1) is 14.6. The van der Waals surface area contributed by atoms with Gasteiger partial charge >= 0.3 is 0 Å². The van der Waals surface area contributed by atoms with E-state index in [4.69, 9.17) is 0 Å². The Morgan fingerprint density at radius 2 is 1.35 bits per heavy atom. The van der Waals surface area contributed by atoms with Crippen molar-refractivity contribution in [3.05, 3.63) is 68.8 Å². The van der Waals surface area contributed by atoms with Crippen molar-refractivity contribution >= 4 is 31.4 Å². The Balaban J connectivity index is 1.82.